The number of nitrogens with zero attached hydrogens (tertiary/aromatic N) is 3. The van der Waals surface area contributed by atoms with E-state index in [1.54, 1.807) is 30.6 Å². The van der Waals surface area contributed by atoms with Gasteiger partial charge in [-0.25, -0.2) is 9.78 Å². The molecule has 132 valence electrons. The minimum Gasteiger partial charge on any atom is -0.444 e. The monoisotopic (exact) mass is 369 g/mol. The zero-order chi connectivity index (χ0) is 18.5. The number of carbonyl (C=O) groups is 1. The van der Waals surface area contributed by atoms with Gasteiger partial charge in [0.15, 0.2) is 5.13 Å². The maximum absolute atomic E-state index is 12.2. The molecule has 1 heterocycles. The lowest BCUT2D eigenvalue weighted by molar-refractivity contribution is -0.384. The Bertz CT molecular complexity index is 927. The second-order valence-electron chi connectivity index (χ2n) is 5.39. The van der Waals surface area contributed by atoms with Crippen LogP contribution in [0.3, 0.4) is 0 Å². The van der Waals surface area contributed by atoms with Crippen molar-refractivity contribution in [1.82, 2.24) is 4.98 Å². The van der Waals surface area contributed by atoms with Crippen molar-refractivity contribution in [2.75, 3.05) is 11.9 Å². The number of amides is 1. The minimum atomic E-state index is -0.544. The van der Waals surface area contributed by atoms with Crippen LogP contribution in [0, 0.1) is 10.1 Å². The van der Waals surface area contributed by atoms with Crippen molar-refractivity contribution in [2.24, 2.45) is 0 Å². The second kappa shape index (κ2) is 7.75. The number of aromatic nitrogens is 1. The third-order valence-electron chi connectivity index (χ3n) is 3.63. The maximum Gasteiger partial charge on any atom is 0.416 e. The van der Waals surface area contributed by atoms with E-state index >= 15 is 0 Å². The smallest absolute Gasteiger partial charge is 0.416 e. The highest BCUT2D eigenvalue weighted by Gasteiger charge is 2.20. The van der Waals surface area contributed by atoms with Gasteiger partial charge in [-0.05, 0) is 11.6 Å². The van der Waals surface area contributed by atoms with Gasteiger partial charge in [0, 0.05) is 18.5 Å². The van der Waals surface area contributed by atoms with Gasteiger partial charge in [0.25, 0.3) is 5.69 Å². The molecular formula is C18H15N3O4S. The average Bonchev–Trinajstić information content (AvgIpc) is 3.16. The first-order chi connectivity index (χ1) is 12.6. The molecule has 3 aromatic rings. The second-order valence-corrected chi connectivity index (χ2v) is 6.23. The third-order valence-corrected chi connectivity index (χ3v) is 4.55. The van der Waals surface area contributed by atoms with E-state index in [-0.39, 0.29) is 12.3 Å². The van der Waals surface area contributed by atoms with E-state index in [0.29, 0.717) is 16.4 Å². The summed E-state index contributed by atoms with van der Waals surface area (Å²) in [5, 5.41) is 13.2. The molecule has 0 spiro atoms. The number of para-hydroxylation sites is 1. The number of ether oxygens (including phenoxy) is 1. The molecule has 0 radical (unpaired) electrons. The van der Waals surface area contributed by atoms with E-state index in [4.69, 9.17) is 4.74 Å². The highest BCUT2D eigenvalue weighted by molar-refractivity contribution is 7.14. The van der Waals surface area contributed by atoms with Gasteiger partial charge < -0.3 is 4.74 Å². The Balaban J connectivity index is 1.73. The molecule has 0 unspecified atom stereocenters. The van der Waals surface area contributed by atoms with E-state index in [0.717, 1.165) is 5.56 Å². The normalized spacial score (nSPS) is 10.3. The van der Waals surface area contributed by atoms with Crippen molar-refractivity contribution in [3.8, 4) is 11.3 Å². The van der Waals surface area contributed by atoms with Gasteiger partial charge in [0.2, 0.25) is 0 Å². The molecule has 0 bridgehead atoms. The largest absolute Gasteiger partial charge is 0.444 e. The van der Waals surface area contributed by atoms with Crippen molar-refractivity contribution >= 4 is 28.2 Å². The van der Waals surface area contributed by atoms with E-state index < -0.39 is 11.0 Å². The van der Waals surface area contributed by atoms with E-state index in [1.807, 2.05) is 30.3 Å². The van der Waals surface area contributed by atoms with Crippen LogP contribution < -0.4 is 4.90 Å². The Hall–Kier alpha value is -3.26. The summed E-state index contributed by atoms with van der Waals surface area (Å²) in [5.41, 5.74) is 1.71. The summed E-state index contributed by atoms with van der Waals surface area (Å²) in [4.78, 5) is 28.5. The number of anilines is 1. The molecule has 0 N–H and O–H groups in total. The highest BCUT2D eigenvalue weighted by Crippen LogP contribution is 2.32. The summed E-state index contributed by atoms with van der Waals surface area (Å²) in [6.07, 6.45) is -0.544. The van der Waals surface area contributed by atoms with Crippen LogP contribution >= 0.6 is 11.3 Å². The Morgan fingerprint density at radius 3 is 2.62 bits per heavy atom. The Morgan fingerprint density at radius 2 is 1.88 bits per heavy atom. The molecule has 0 aliphatic rings. The van der Waals surface area contributed by atoms with Crippen molar-refractivity contribution in [3.05, 3.63) is 75.7 Å². The van der Waals surface area contributed by atoms with Crippen LogP contribution in [0.2, 0.25) is 0 Å². The number of rotatable bonds is 5. The molecule has 0 saturated carbocycles. The molecule has 0 saturated heterocycles. The molecular weight excluding hydrogens is 354 g/mol. The predicted molar refractivity (Wildman–Crippen MR) is 99.2 cm³/mol. The summed E-state index contributed by atoms with van der Waals surface area (Å²) < 4.78 is 5.27. The average molecular weight is 369 g/mol. The van der Waals surface area contributed by atoms with Crippen molar-refractivity contribution in [2.45, 2.75) is 6.61 Å². The van der Waals surface area contributed by atoms with Crippen LogP contribution in [0.25, 0.3) is 11.3 Å². The standard InChI is InChI=1S/C18H15N3O4S/c1-20(18(22)25-11-13-7-3-2-4-8-13)17-19-15(12-26-17)14-9-5-6-10-16(14)21(23)24/h2-10,12H,11H2,1H3. The topological polar surface area (TPSA) is 85.6 Å². The Kier molecular flexibility index (Phi) is 5.23. The number of nitro benzene ring substituents is 1. The van der Waals surface area contributed by atoms with E-state index in [9.17, 15) is 14.9 Å². The summed E-state index contributed by atoms with van der Waals surface area (Å²) >= 11 is 1.21. The molecule has 3 rings (SSSR count). The zero-order valence-corrected chi connectivity index (χ0v) is 14.7. The molecule has 0 atom stereocenters. The lowest BCUT2D eigenvalue weighted by Crippen LogP contribution is -2.26. The molecule has 0 aliphatic heterocycles. The summed E-state index contributed by atoms with van der Waals surface area (Å²) in [7, 11) is 1.55. The fourth-order valence-electron chi connectivity index (χ4n) is 2.29. The Labute approximate surface area is 153 Å². The molecule has 1 aromatic heterocycles. The van der Waals surface area contributed by atoms with Gasteiger partial charge in [-0.3, -0.25) is 15.0 Å². The predicted octanol–water partition coefficient (Wildman–Crippen LogP) is 4.49. The fourth-order valence-corrected chi connectivity index (χ4v) is 3.07. The molecule has 2 aromatic carbocycles. The molecule has 0 aliphatic carbocycles. The van der Waals surface area contributed by atoms with Crippen molar-refractivity contribution in [1.29, 1.82) is 0 Å². The minimum absolute atomic E-state index is 0.0290. The summed E-state index contributed by atoms with van der Waals surface area (Å²) in [6.45, 7) is 0.159. The number of hydrogen-bond acceptors (Lipinski definition) is 6. The number of thiazole rings is 1. The zero-order valence-electron chi connectivity index (χ0n) is 13.9. The van der Waals surface area contributed by atoms with E-state index in [1.165, 1.54) is 22.3 Å². The summed E-state index contributed by atoms with van der Waals surface area (Å²) in [6, 6.07) is 15.7. The lowest BCUT2D eigenvalue weighted by Gasteiger charge is -2.13. The van der Waals surface area contributed by atoms with Crippen molar-refractivity contribution in [3.63, 3.8) is 0 Å². The molecule has 1 amide bonds. The maximum atomic E-state index is 12.2. The summed E-state index contributed by atoms with van der Waals surface area (Å²) in [5.74, 6) is 0. The molecule has 7 nitrogen and oxygen atoms in total. The Morgan fingerprint density at radius 1 is 1.19 bits per heavy atom. The number of nitro groups is 1. The molecule has 26 heavy (non-hydrogen) atoms. The lowest BCUT2D eigenvalue weighted by atomic mass is 10.1. The molecule has 0 fully saturated rings. The van der Waals surface area contributed by atoms with Crippen LogP contribution in [-0.4, -0.2) is 23.0 Å². The van der Waals surface area contributed by atoms with Crippen molar-refractivity contribution < 1.29 is 14.5 Å². The van der Waals surface area contributed by atoms with E-state index in [2.05, 4.69) is 4.98 Å². The van der Waals surface area contributed by atoms with Gasteiger partial charge in [0.1, 0.15) is 6.61 Å². The first-order valence-corrected chi connectivity index (χ1v) is 8.58. The fraction of sp³-hybridized carbons (Fsp3) is 0.111. The van der Waals surface area contributed by atoms with Gasteiger partial charge in [0.05, 0.1) is 16.2 Å². The van der Waals surface area contributed by atoms with Crippen LogP contribution in [0.4, 0.5) is 15.6 Å². The van der Waals surface area contributed by atoms with Crippen LogP contribution in [-0.2, 0) is 11.3 Å². The number of carbonyl (C=O) groups excluding carboxylic acids is 1. The first-order valence-electron chi connectivity index (χ1n) is 7.70. The van der Waals surface area contributed by atoms with Gasteiger partial charge >= 0.3 is 6.09 Å². The van der Waals surface area contributed by atoms with Crippen LogP contribution in [0.1, 0.15) is 5.56 Å². The third kappa shape index (κ3) is 3.86. The quantitative estimate of drug-likeness (QED) is 0.488. The van der Waals surface area contributed by atoms with Crippen LogP contribution in [0.5, 0.6) is 0 Å². The van der Waals surface area contributed by atoms with Crippen LogP contribution in [0.15, 0.2) is 60.0 Å². The SMILES string of the molecule is CN(C(=O)OCc1ccccc1)c1nc(-c2ccccc2[N+](=O)[O-])cs1. The van der Waals surface area contributed by atoms with Gasteiger partial charge in [-0.2, -0.15) is 0 Å². The number of hydrogen-bond donors (Lipinski definition) is 0. The number of benzene rings is 2. The van der Waals surface area contributed by atoms with Gasteiger partial charge in [-0.15, -0.1) is 11.3 Å². The van der Waals surface area contributed by atoms with Gasteiger partial charge in [-0.1, -0.05) is 42.5 Å². The highest BCUT2D eigenvalue weighted by atomic mass is 32.1. The first kappa shape index (κ1) is 17.6. The molecule has 8 heteroatoms.